The van der Waals surface area contributed by atoms with Crippen molar-refractivity contribution in [1.29, 1.82) is 0 Å². The molecule has 5 nitrogen and oxygen atoms in total. The van der Waals surface area contributed by atoms with Gasteiger partial charge in [-0.05, 0) is 62.1 Å². The average Bonchev–Trinajstić information content (AvgIpc) is 2.56. The third kappa shape index (κ3) is 3.85. The van der Waals surface area contributed by atoms with Crippen LogP contribution in [0.15, 0.2) is 41.6 Å². The van der Waals surface area contributed by atoms with Crippen molar-refractivity contribution in [2.45, 2.75) is 32.1 Å². The molecule has 0 aliphatic carbocycles. The minimum absolute atomic E-state index is 0.271. The molecule has 1 N–H and O–H groups in total. The molecule has 0 unspecified atom stereocenters. The largest absolute Gasteiger partial charge is 0.369 e. The molecule has 6 heteroatoms. The van der Waals surface area contributed by atoms with Crippen LogP contribution in [0.2, 0.25) is 0 Å². The van der Waals surface area contributed by atoms with Crippen molar-refractivity contribution in [3.63, 3.8) is 0 Å². The predicted octanol–water partition coefficient (Wildman–Crippen LogP) is 3.61. The fraction of sp³-hybridized carbons (Fsp3) is 0.300. The Hall–Kier alpha value is -2.47. The topological polar surface area (TPSA) is 72.0 Å². The summed E-state index contributed by atoms with van der Waals surface area (Å²) in [7, 11) is -3.27. The minimum Gasteiger partial charge on any atom is -0.369 e. The summed E-state index contributed by atoms with van der Waals surface area (Å²) < 4.78 is 23.7. The van der Waals surface area contributed by atoms with Gasteiger partial charge in [0.25, 0.3) is 0 Å². The average molecular weight is 369 g/mol. The van der Waals surface area contributed by atoms with Crippen molar-refractivity contribution in [2.75, 3.05) is 18.1 Å². The number of nitrogens with one attached hydrogen (secondary N) is 1. The number of fused-ring (bicyclic) bond motifs is 1. The number of hydrogen-bond acceptors (Lipinski definition) is 5. The second kappa shape index (κ2) is 7.03. The summed E-state index contributed by atoms with van der Waals surface area (Å²) in [5, 5.41) is 4.05. The van der Waals surface area contributed by atoms with Crippen LogP contribution in [-0.2, 0) is 16.3 Å². The van der Waals surface area contributed by atoms with Crippen LogP contribution in [0.5, 0.6) is 0 Å². The zero-order chi connectivity index (χ0) is 18.9. The Kier molecular flexibility index (Phi) is 4.96. The van der Waals surface area contributed by atoms with E-state index in [9.17, 15) is 8.42 Å². The van der Waals surface area contributed by atoms with Crippen molar-refractivity contribution in [2.24, 2.45) is 0 Å². The highest BCUT2D eigenvalue weighted by Gasteiger charge is 2.11. The number of rotatable bonds is 5. The smallest absolute Gasteiger partial charge is 0.175 e. The molecule has 0 saturated carbocycles. The Morgan fingerprint density at radius 1 is 1.00 bits per heavy atom. The molecule has 1 heterocycles. The van der Waals surface area contributed by atoms with E-state index in [0.717, 1.165) is 11.9 Å². The zero-order valence-corrected chi connectivity index (χ0v) is 16.3. The Balaban J connectivity index is 1.85. The van der Waals surface area contributed by atoms with Crippen LogP contribution in [0.1, 0.15) is 22.3 Å². The van der Waals surface area contributed by atoms with Gasteiger partial charge >= 0.3 is 0 Å². The quantitative estimate of drug-likeness (QED) is 0.744. The van der Waals surface area contributed by atoms with Crippen molar-refractivity contribution in [3.8, 4) is 0 Å². The summed E-state index contributed by atoms with van der Waals surface area (Å²) in [5.41, 5.74) is 5.90. The van der Waals surface area contributed by atoms with Gasteiger partial charge in [-0.25, -0.2) is 18.4 Å². The first-order valence-electron chi connectivity index (χ1n) is 8.51. The normalized spacial score (nSPS) is 11.7. The second-order valence-electron chi connectivity index (χ2n) is 6.73. The van der Waals surface area contributed by atoms with E-state index < -0.39 is 9.84 Å². The molecule has 26 heavy (non-hydrogen) atoms. The van der Waals surface area contributed by atoms with Crippen molar-refractivity contribution < 1.29 is 8.42 Å². The van der Waals surface area contributed by atoms with Gasteiger partial charge in [-0.1, -0.05) is 17.7 Å². The first kappa shape index (κ1) is 18.3. The molecule has 0 aliphatic rings. The standard InChI is InChI=1S/C20H23N3O2S/c1-13-9-14(2)17(15(3)10-13)7-8-21-20-18-11-16(26(4,24)25)5-6-19(18)22-12-23-20/h5-6,9-12H,7-8H2,1-4H3,(H,21,22,23). The fourth-order valence-corrected chi connectivity index (χ4v) is 3.96. The van der Waals surface area contributed by atoms with Crippen LogP contribution in [-0.4, -0.2) is 31.2 Å². The second-order valence-corrected chi connectivity index (χ2v) is 8.74. The van der Waals surface area contributed by atoms with Crippen LogP contribution in [0.4, 0.5) is 5.82 Å². The van der Waals surface area contributed by atoms with Gasteiger partial charge in [-0.3, -0.25) is 0 Å². The molecular formula is C20H23N3O2S. The maximum atomic E-state index is 11.8. The van der Waals surface area contributed by atoms with E-state index in [1.54, 1.807) is 18.2 Å². The van der Waals surface area contributed by atoms with Gasteiger partial charge in [0, 0.05) is 18.2 Å². The highest BCUT2D eigenvalue weighted by atomic mass is 32.2. The van der Waals surface area contributed by atoms with Crippen LogP contribution >= 0.6 is 0 Å². The maximum Gasteiger partial charge on any atom is 0.175 e. The van der Waals surface area contributed by atoms with Crippen molar-refractivity contribution in [3.05, 3.63) is 58.9 Å². The highest BCUT2D eigenvalue weighted by molar-refractivity contribution is 7.90. The summed E-state index contributed by atoms with van der Waals surface area (Å²) >= 11 is 0. The zero-order valence-electron chi connectivity index (χ0n) is 15.5. The summed E-state index contributed by atoms with van der Waals surface area (Å²) in [6.07, 6.45) is 3.57. The molecule has 0 aliphatic heterocycles. The third-order valence-electron chi connectivity index (χ3n) is 4.54. The van der Waals surface area contributed by atoms with Gasteiger partial charge in [-0.2, -0.15) is 0 Å². The molecule has 0 fully saturated rings. The molecule has 0 spiro atoms. The molecule has 136 valence electrons. The van der Waals surface area contributed by atoms with Gasteiger partial charge in [0.15, 0.2) is 9.84 Å². The number of anilines is 1. The predicted molar refractivity (Wildman–Crippen MR) is 105 cm³/mol. The van der Waals surface area contributed by atoms with Gasteiger partial charge in [0.2, 0.25) is 0 Å². The number of benzene rings is 2. The molecule has 3 aromatic rings. The lowest BCUT2D eigenvalue weighted by molar-refractivity contribution is 0.602. The lowest BCUT2D eigenvalue weighted by atomic mass is 9.97. The van der Waals surface area contributed by atoms with E-state index >= 15 is 0 Å². The third-order valence-corrected chi connectivity index (χ3v) is 5.65. The molecule has 0 saturated heterocycles. The molecule has 0 amide bonds. The number of aryl methyl sites for hydroxylation is 3. The maximum absolute atomic E-state index is 11.8. The monoisotopic (exact) mass is 369 g/mol. The number of sulfone groups is 1. The summed E-state index contributed by atoms with van der Waals surface area (Å²) in [5.74, 6) is 0.655. The molecule has 0 radical (unpaired) electrons. The first-order valence-corrected chi connectivity index (χ1v) is 10.4. The van der Waals surface area contributed by atoms with Crippen LogP contribution in [0, 0.1) is 20.8 Å². The summed E-state index contributed by atoms with van der Waals surface area (Å²) in [4.78, 5) is 8.80. The van der Waals surface area contributed by atoms with Crippen LogP contribution in [0.3, 0.4) is 0 Å². The summed E-state index contributed by atoms with van der Waals surface area (Å²) in [6, 6.07) is 9.32. The summed E-state index contributed by atoms with van der Waals surface area (Å²) in [6.45, 7) is 7.08. The first-order chi connectivity index (χ1) is 12.3. The molecule has 0 bridgehead atoms. The van der Waals surface area contributed by atoms with E-state index in [0.29, 0.717) is 17.7 Å². The molecular weight excluding hydrogens is 346 g/mol. The molecule has 2 aromatic carbocycles. The number of aromatic nitrogens is 2. The lowest BCUT2D eigenvalue weighted by Crippen LogP contribution is -2.09. The Morgan fingerprint density at radius 3 is 2.35 bits per heavy atom. The van der Waals surface area contributed by atoms with E-state index in [-0.39, 0.29) is 4.90 Å². The van der Waals surface area contributed by atoms with Crippen molar-refractivity contribution >= 4 is 26.6 Å². The Bertz CT molecular complexity index is 1050. The van der Waals surface area contributed by atoms with E-state index in [1.807, 2.05) is 0 Å². The van der Waals surface area contributed by atoms with Crippen LogP contribution < -0.4 is 5.32 Å². The Labute approximate surface area is 154 Å². The number of hydrogen-bond donors (Lipinski definition) is 1. The van der Waals surface area contributed by atoms with Gasteiger partial charge in [0.1, 0.15) is 12.1 Å². The van der Waals surface area contributed by atoms with Crippen LogP contribution in [0.25, 0.3) is 10.9 Å². The molecule has 1 aromatic heterocycles. The van der Waals surface area contributed by atoms with Gasteiger partial charge < -0.3 is 5.32 Å². The van der Waals surface area contributed by atoms with E-state index in [1.165, 1.54) is 34.8 Å². The highest BCUT2D eigenvalue weighted by Crippen LogP contribution is 2.23. The fourth-order valence-electron chi connectivity index (χ4n) is 3.32. The van der Waals surface area contributed by atoms with Gasteiger partial charge in [0.05, 0.1) is 10.4 Å². The van der Waals surface area contributed by atoms with E-state index in [2.05, 4.69) is 48.2 Å². The molecule has 3 rings (SSSR count). The Morgan fingerprint density at radius 2 is 1.69 bits per heavy atom. The SMILES string of the molecule is Cc1cc(C)c(CCNc2ncnc3ccc(S(C)(=O)=O)cc23)c(C)c1. The lowest BCUT2D eigenvalue weighted by Gasteiger charge is -2.13. The molecule has 0 atom stereocenters. The van der Waals surface area contributed by atoms with E-state index in [4.69, 9.17) is 0 Å². The number of nitrogens with zero attached hydrogens (tertiary/aromatic N) is 2. The minimum atomic E-state index is -3.27. The van der Waals surface area contributed by atoms with Gasteiger partial charge in [-0.15, -0.1) is 0 Å². The van der Waals surface area contributed by atoms with Crippen molar-refractivity contribution in [1.82, 2.24) is 9.97 Å².